The third-order valence-electron chi connectivity index (χ3n) is 3.41. The standard InChI is InChI=1S/C11H18N4O4/c16-11-10(9-13-1-5-17-6-2-13)15(12-19-11)14-3-7-18-8-4-14/h1-9H2. The van der Waals surface area contributed by atoms with Crippen LogP contribution in [0.15, 0.2) is 4.52 Å². The van der Waals surface area contributed by atoms with E-state index in [-0.39, 0.29) is 5.95 Å². The zero-order chi connectivity index (χ0) is 13.1. The molecule has 3 rings (SSSR count). The maximum Gasteiger partial charge on any atom is 0.281 e. The van der Waals surface area contributed by atoms with Gasteiger partial charge in [0.05, 0.1) is 46.1 Å². The van der Waals surface area contributed by atoms with E-state index < -0.39 is 0 Å². The molecule has 2 saturated heterocycles. The Labute approximate surface area is 111 Å². The van der Waals surface area contributed by atoms with Crippen LogP contribution in [0.2, 0.25) is 0 Å². The molecule has 1 aromatic rings. The van der Waals surface area contributed by atoms with Gasteiger partial charge in [0.25, 0.3) is 5.69 Å². The molecule has 8 heteroatoms. The van der Waals surface area contributed by atoms with Crippen LogP contribution in [-0.4, -0.2) is 62.8 Å². The number of hydrogen-bond acceptors (Lipinski definition) is 7. The molecule has 0 unspecified atom stereocenters. The van der Waals surface area contributed by atoms with Gasteiger partial charge in [0.1, 0.15) is 5.27 Å². The average Bonchev–Trinajstić information content (AvgIpc) is 2.82. The molecule has 0 atom stereocenters. The summed E-state index contributed by atoms with van der Waals surface area (Å²) in [5.41, 5.74) is 0.573. The molecule has 0 spiro atoms. The van der Waals surface area contributed by atoms with Gasteiger partial charge in [-0.15, -0.1) is 0 Å². The van der Waals surface area contributed by atoms with Gasteiger partial charge in [-0.3, -0.25) is 4.90 Å². The second kappa shape index (κ2) is 5.72. The zero-order valence-electron chi connectivity index (χ0n) is 10.8. The summed E-state index contributed by atoms with van der Waals surface area (Å²) < 4.78 is 15.4. The second-order valence-electron chi connectivity index (χ2n) is 4.65. The Bertz CT molecular complexity index is 413. The lowest BCUT2D eigenvalue weighted by atomic mass is 10.3. The molecule has 0 bridgehead atoms. The van der Waals surface area contributed by atoms with E-state index >= 15 is 0 Å². The lowest BCUT2D eigenvalue weighted by molar-refractivity contribution is -0.766. The second-order valence-corrected chi connectivity index (χ2v) is 4.65. The number of morpholine rings is 2. The largest absolute Gasteiger partial charge is 0.539 e. The molecule has 19 heavy (non-hydrogen) atoms. The SMILES string of the molecule is [O-]c1on[n+](N2CCOCC2)c1CN1CCOCC1. The molecule has 0 saturated carbocycles. The Morgan fingerprint density at radius 1 is 1.05 bits per heavy atom. The third kappa shape index (κ3) is 2.80. The van der Waals surface area contributed by atoms with Crippen molar-refractivity contribution in [3.05, 3.63) is 5.69 Å². The quantitative estimate of drug-likeness (QED) is 0.579. The van der Waals surface area contributed by atoms with E-state index in [0.717, 1.165) is 13.1 Å². The lowest BCUT2D eigenvalue weighted by Crippen LogP contribution is -2.65. The van der Waals surface area contributed by atoms with Crippen LogP contribution in [0.4, 0.5) is 0 Å². The minimum atomic E-state index is -0.363. The molecule has 8 nitrogen and oxygen atoms in total. The van der Waals surface area contributed by atoms with Crippen molar-refractivity contribution in [1.29, 1.82) is 0 Å². The highest BCUT2D eigenvalue weighted by Crippen LogP contribution is 2.12. The minimum Gasteiger partial charge on any atom is -0.539 e. The Morgan fingerprint density at radius 2 is 1.68 bits per heavy atom. The van der Waals surface area contributed by atoms with Crippen molar-refractivity contribution in [2.45, 2.75) is 6.54 Å². The molecular weight excluding hydrogens is 252 g/mol. The molecule has 106 valence electrons. The average molecular weight is 270 g/mol. The Morgan fingerprint density at radius 3 is 2.37 bits per heavy atom. The molecule has 2 fully saturated rings. The molecule has 3 heterocycles. The number of hydrogen-bond donors (Lipinski definition) is 0. The van der Waals surface area contributed by atoms with E-state index in [2.05, 4.69) is 10.2 Å². The molecule has 2 aliphatic rings. The first-order valence-corrected chi connectivity index (χ1v) is 6.55. The van der Waals surface area contributed by atoms with Crippen molar-refractivity contribution in [3.8, 4) is 5.95 Å². The van der Waals surface area contributed by atoms with Crippen LogP contribution in [0.5, 0.6) is 5.95 Å². The first-order valence-electron chi connectivity index (χ1n) is 6.55. The highest BCUT2D eigenvalue weighted by atomic mass is 16.6. The summed E-state index contributed by atoms with van der Waals surface area (Å²) in [6.45, 7) is 6.33. The van der Waals surface area contributed by atoms with Gasteiger partial charge >= 0.3 is 0 Å². The monoisotopic (exact) mass is 270 g/mol. The third-order valence-corrected chi connectivity index (χ3v) is 3.41. The van der Waals surface area contributed by atoms with Crippen LogP contribution >= 0.6 is 0 Å². The Balaban J connectivity index is 1.73. The molecule has 0 N–H and O–H groups in total. The summed E-state index contributed by atoms with van der Waals surface area (Å²) >= 11 is 0. The van der Waals surface area contributed by atoms with Crippen LogP contribution in [0.3, 0.4) is 0 Å². The lowest BCUT2D eigenvalue weighted by Gasteiger charge is -2.26. The van der Waals surface area contributed by atoms with Gasteiger partial charge in [-0.2, -0.15) is 5.01 Å². The van der Waals surface area contributed by atoms with Crippen molar-refractivity contribution in [2.24, 2.45) is 0 Å². The summed E-state index contributed by atoms with van der Waals surface area (Å²) in [5.74, 6) is -0.363. The van der Waals surface area contributed by atoms with Gasteiger partial charge in [0.2, 0.25) is 0 Å². The normalized spacial score (nSPS) is 21.8. The molecule has 1 aromatic heterocycles. The molecule has 0 aliphatic carbocycles. The fourth-order valence-electron chi connectivity index (χ4n) is 2.32. The fraction of sp³-hybridized carbons (Fsp3) is 0.818. The van der Waals surface area contributed by atoms with Crippen molar-refractivity contribution in [2.75, 3.05) is 57.6 Å². The number of ether oxygens (including phenoxy) is 2. The number of nitrogens with zero attached hydrogens (tertiary/aromatic N) is 4. The highest BCUT2D eigenvalue weighted by molar-refractivity contribution is 5.04. The van der Waals surface area contributed by atoms with Gasteiger partial charge in [-0.05, 0) is 0 Å². The van der Waals surface area contributed by atoms with Crippen LogP contribution in [0.1, 0.15) is 5.69 Å². The van der Waals surface area contributed by atoms with Gasteiger partial charge < -0.3 is 19.1 Å². The van der Waals surface area contributed by atoms with Crippen LogP contribution in [-0.2, 0) is 16.0 Å². The maximum atomic E-state index is 11.8. The first kappa shape index (κ1) is 12.6. The van der Waals surface area contributed by atoms with Crippen molar-refractivity contribution in [3.63, 3.8) is 0 Å². The summed E-state index contributed by atoms with van der Waals surface area (Å²) in [6, 6.07) is 0. The Hall–Kier alpha value is -1.38. The van der Waals surface area contributed by atoms with Gasteiger partial charge in [-0.1, -0.05) is 0 Å². The highest BCUT2D eigenvalue weighted by Gasteiger charge is 2.28. The summed E-state index contributed by atoms with van der Waals surface area (Å²) in [7, 11) is 0. The maximum absolute atomic E-state index is 11.8. The van der Waals surface area contributed by atoms with Gasteiger partial charge in [0.15, 0.2) is 5.95 Å². The van der Waals surface area contributed by atoms with Crippen LogP contribution in [0, 0.1) is 0 Å². The summed E-state index contributed by atoms with van der Waals surface area (Å²) in [6.07, 6.45) is 0. The first-order chi connectivity index (χ1) is 9.34. The fourth-order valence-corrected chi connectivity index (χ4v) is 2.32. The minimum absolute atomic E-state index is 0.363. The van der Waals surface area contributed by atoms with E-state index in [9.17, 15) is 5.11 Å². The smallest absolute Gasteiger partial charge is 0.281 e. The predicted octanol–water partition coefficient (Wildman–Crippen LogP) is -2.16. The summed E-state index contributed by atoms with van der Waals surface area (Å²) in [5, 5.41) is 17.6. The van der Waals surface area contributed by atoms with E-state index in [1.165, 1.54) is 0 Å². The van der Waals surface area contributed by atoms with E-state index in [4.69, 9.17) is 14.0 Å². The predicted molar refractivity (Wildman–Crippen MR) is 61.0 cm³/mol. The van der Waals surface area contributed by atoms with Crippen LogP contribution in [0.25, 0.3) is 0 Å². The zero-order valence-corrected chi connectivity index (χ0v) is 10.8. The van der Waals surface area contributed by atoms with Crippen molar-refractivity contribution >= 4 is 0 Å². The summed E-state index contributed by atoms with van der Waals surface area (Å²) in [4.78, 5) is 3.77. The number of rotatable bonds is 3. The number of aromatic nitrogens is 2. The van der Waals surface area contributed by atoms with E-state index in [1.807, 2.05) is 5.01 Å². The van der Waals surface area contributed by atoms with Gasteiger partial charge in [0, 0.05) is 17.9 Å². The van der Waals surface area contributed by atoms with E-state index in [0.29, 0.717) is 51.8 Å². The molecule has 2 aliphatic heterocycles. The van der Waals surface area contributed by atoms with Crippen molar-refractivity contribution in [1.82, 2.24) is 10.2 Å². The molecule has 0 aromatic carbocycles. The molecule has 0 radical (unpaired) electrons. The topological polar surface area (TPSA) is 77.9 Å². The van der Waals surface area contributed by atoms with Gasteiger partial charge in [-0.25, -0.2) is 0 Å². The van der Waals surface area contributed by atoms with E-state index in [1.54, 1.807) is 4.79 Å². The Kier molecular flexibility index (Phi) is 3.81. The van der Waals surface area contributed by atoms with Crippen LogP contribution < -0.4 is 14.9 Å². The van der Waals surface area contributed by atoms with Crippen molar-refractivity contribution < 1.29 is 23.9 Å². The molecular formula is C11H18N4O4. The molecule has 0 amide bonds.